The molecule has 0 aromatic carbocycles. The van der Waals surface area contributed by atoms with E-state index in [0.29, 0.717) is 37.9 Å². The van der Waals surface area contributed by atoms with Crippen molar-refractivity contribution in [2.24, 2.45) is 11.8 Å². The molecule has 0 N–H and O–H groups in total. The molecule has 0 saturated carbocycles. The lowest BCUT2D eigenvalue weighted by Gasteiger charge is -2.29. The summed E-state index contributed by atoms with van der Waals surface area (Å²) in [7, 11) is 0. The molecule has 7 nitrogen and oxygen atoms in total. The van der Waals surface area contributed by atoms with Gasteiger partial charge in [-0.1, -0.05) is 208 Å². The van der Waals surface area contributed by atoms with Crippen LogP contribution in [0, 0.1) is 11.8 Å². The fourth-order valence-corrected chi connectivity index (χ4v) is 9.53. The molecule has 0 aliphatic carbocycles. The van der Waals surface area contributed by atoms with Gasteiger partial charge in [0.15, 0.2) is 5.79 Å². The summed E-state index contributed by atoms with van der Waals surface area (Å²) in [6.07, 6.45) is 43.3. The summed E-state index contributed by atoms with van der Waals surface area (Å²) < 4.78 is 24.7. The monoisotopic (exact) mass is 878 g/mol. The predicted octanol–water partition coefficient (Wildman–Crippen LogP) is 16.3. The SMILES string of the molecule is CCCCCC(CCCCC)CCOC(=O)CCCCCCCCCC1(CCCCCCCCCC(=O)OCCC(CCCCC)CCCCC)OCC(CCN(CC)CC)O1. The van der Waals surface area contributed by atoms with Crippen molar-refractivity contribution in [2.75, 3.05) is 39.5 Å². The Balaban J connectivity index is 2.29. The molecule has 1 fully saturated rings. The number of hydrogen-bond acceptors (Lipinski definition) is 7. The lowest BCUT2D eigenvalue weighted by atomic mass is 9.92. The molecule has 0 amide bonds. The number of carbonyl (C=O) groups is 2. The minimum atomic E-state index is -0.412. The number of carbonyl (C=O) groups excluding carboxylic acids is 2. The molecule has 1 heterocycles. The van der Waals surface area contributed by atoms with Crippen LogP contribution in [-0.2, 0) is 28.5 Å². The van der Waals surface area contributed by atoms with Gasteiger partial charge in [-0.2, -0.15) is 0 Å². The van der Waals surface area contributed by atoms with Crippen LogP contribution in [0.1, 0.15) is 279 Å². The van der Waals surface area contributed by atoms with Crippen molar-refractivity contribution in [3.8, 4) is 0 Å². The smallest absolute Gasteiger partial charge is 0.305 e. The van der Waals surface area contributed by atoms with Gasteiger partial charge in [0.05, 0.1) is 25.9 Å². The molecule has 1 saturated heterocycles. The van der Waals surface area contributed by atoms with E-state index in [-0.39, 0.29) is 18.0 Å². The molecule has 0 bridgehead atoms. The standard InChI is InChI=1S/C55H107NO6/c1-7-13-27-35-50(36-28-14-8-2)42-47-59-53(57)39-31-23-19-17-21-25-33-44-55(61-49-52(62-55)41-46-56(11-5)12-6)45-34-26-22-18-20-24-32-40-54(58)60-48-43-51(37-29-15-9-3)38-30-16-10-4/h50-52H,7-49H2,1-6H3. The van der Waals surface area contributed by atoms with Crippen molar-refractivity contribution in [1.82, 2.24) is 4.90 Å². The molecule has 0 aromatic heterocycles. The van der Waals surface area contributed by atoms with E-state index >= 15 is 0 Å². The van der Waals surface area contributed by atoms with Gasteiger partial charge in [0.25, 0.3) is 0 Å². The summed E-state index contributed by atoms with van der Waals surface area (Å²) in [5.41, 5.74) is 0. The van der Waals surface area contributed by atoms with Gasteiger partial charge >= 0.3 is 11.9 Å². The highest BCUT2D eigenvalue weighted by Crippen LogP contribution is 2.36. The van der Waals surface area contributed by atoms with Crippen LogP contribution >= 0.6 is 0 Å². The molecule has 0 spiro atoms. The zero-order valence-electron chi connectivity index (χ0n) is 42.5. The first-order chi connectivity index (χ1) is 30.3. The van der Waals surface area contributed by atoms with E-state index in [1.807, 2.05) is 0 Å². The van der Waals surface area contributed by atoms with Crippen LogP contribution in [-0.4, -0.2) is 68.2 Å². The van der Waals surface area contributed by atoms with Crippen LogP contribution < -0.4 is 0 Å². The van der Waals surface area contributed by atoms with Crippen LogP contribution in [0.4, 0.5) is 0 Å². The zero-order chi connectivity index (χ0) is 45.2. The third kappa shape index (κ3) is 33.3. The molecule has 0 aromatic rings. The second-order valence-corrected chi connectivity index (χ2v) is 19.5. The summed E-state index contributed by atoms with van der Waals surface area (Å²) in [6, 6.07) is 0. The van der Waals surface area contributed by atoms with Crippen LogP contribution in [0.3, 0.4) is 0 Å². The van der Waals surface area contributed by atoms with E-state index in [2.05, 4.69) is 46.4 Å². The molecule has 62 heavy (non-hydrogen) atoms. The molecule has 7 heteroatoms. The maximum Gasteiger partial charge on any atom is 0.305 e. The molecule has 1 unspecified atom stereocenters. The first-order valence-electron chi connectivity index (χ1n) is 27.7. The number of ether oxygens (including phenoxy) is 4. The molecule has 1 rings (SSSR count). The molecular formula is C55H107NO6. The van der Waals surface area contributed by atoms with Crippen molar-refractivity contribution < 1.29 is 28.5 Å². The van der Waals surface area contributed by atoms with Gasteiger partial charge in [-0.3, -0.25) is 9.59 Å². The maximum absolute atomic E-state index is 12.4. The van der Waals surface area contributed by atoms with Gasteiger partial charge in [0, 0.05) is 32.2 Å². The Morgan fingerprint density at radius 1 is 0.500 bits per heavy atom. The normalized spacial score (nSPS) is 15.1. The Morgan fingerprint density at radius 3 is 1.24 bits per heavy atom. The van der Waals surface area contributed by atoms with Crippen molar-refractivity contribution in [3.05, 3.63) is 0 Å². The molecule has 0 radical (unpaired) electrons. The van der Waals surface area contributed by atoms with Crippen molar-refractivity contribution in [3.63, 3.8) is 0 Å². The van der Waals surface area contributed by atoms with Gasteiger partial charge in [-0.05, 0) is 69.9 Å². The Bertz CT molecular complexity index is 907. The lowest BCUT2D eigenvalue weighted by Crippen LogP contribution is -2.32. The van der Waals surface area contributed by atoms with E-state index in [0.717, 1.165) is 96.9 Å². The summed E-state index contributed by atoms with van der Waals surface area (Å²) in [5, 5.41) is 0. The van der Waals surface area contributed by atoms with E-state index in [4.69, 9.17) is 18.9 Å². The van der Waals surface area contributed by atoms with Crippen molar-refractivity contribution in [2.45, 2.75) is 291 Å². The average molecular weight is 878 g/mol. The van der Waals surface area contributed by atoms with Gasteiger partial charge in [0.2, 0.25) is 0 Å². The van der Waals surface area contributed by atoms with E-state index in [9.17, 15) is 9.59 Å². The van der Waals surface area contributed by atoms with E-state index < -0.39 is 5.79 Å². The Morgan fingerprint density at radius 2 is 0.871 bits per heavy atom. The third-order valence-electron chi connectivity index (χ3n) is 13.9. The van der Waals surface area contributed by atoms with Gasteiger partial charge < -0.3 is 23.8 Å². The summed E-state index contributed by atoms with van der Waals surface area (Å²) in [5.74, 6) is 1.02. The van der Waals surface area contributed by atoms with Crippen LogP contribution in [0.2, 0.25) is 0 Å². The minimum Gasteiger partial charge on any atom is -0.466 e. The first kappa shape index (κ1) is 58.8. The largest absolute Gasteiger partial charge is 0.466 e. The van der Waals surface area contributed by atoms with Gasteiger partial charge in [0.1, 0.15) is 0 Å². The van der Waals surface area contributed by atoms with Crippen LogP contribution in [0.25, 0.3) is 0 Å². The van der Waals surface area contributed by atoms with E-state index in [1.54, 1.807) is 0 Å². The van der Waals surface area contributed by atoms with Crippen molar-refractivity contribution >= 4 is 11.9 Å². The zero-order valence-corrected chi connectivity index (χ0v) is 42.5. The summed E-state index contributed by atoms with van der Waals surface area (Å²) in [4.78, 5) is 27.3. The fourth-order valence-electron chi connectivity index (χ4n) is 9.53. The number of rotatable bonds is 47. The molecule has 1 atom stereocenters. The maximum atomic E-state index is 12.4. The topological polar surface area (TPSA) is 74.3 Å². The Kier molecular flexibility index (Phi) is 40.3. The number of esters is 2. The average Bonchev–Trinajstić information content (AvgIpc) is 3.68. The quantitative estimate of drug-likeness (QED) is 0.0445. The van der Waals surface area contributed by atoms with Crippen LogP contribution in [0.15, 0.2) is 0 Å². The predicted molar refractivity (Wildman–Crippen MR) is 264 cm³/mol. The second kappa shape index (κ2) is 42.5. The summed E-state index contributed by atoms with van der Waals surface area (Å²) in [6.45, 7) is 18.7. The third-order valence-corrected chi connectivity index (χ3v) is 13.9. The molecule has 368 valence electrons. The minimum absolute atomic E-state index is 0.00166. The van der Waals surface area contributed by atoms with Gasteiger partial charge in [-0.25, -0.2) is 0 Å². The molecular weight excluding hydrogens is 771 g/mol. The van der Waals surface area contributed by atoms with Gasteiger partial charge in [-0.15, -0.1) is 0 Å². The number of unbranched alkanes of at least 4 members (excludes halogenated alkanes) is 20. The lowest BCUT2D eigenvalue weighted by molar-refractivity contribution is -0.180. The Hall–Kier alpha value is -1.18. The summed E-state index contributed by atoms with van der Waals surface area (Å²) >= 11 is 0. The Labute approximate surface area is 386 Å². The van der Waals surface area contributed by atoms with Crippen molar-refractivity contribution in [1.29, 1.82) is 0 Å². The highest BCUT2D eigenvalue weighted by molar-refractivity contribution is 5.69. The number of hydrogen-bond donors (Lipinski definition) is 0. The molecule has 1 aliphatic rings. The molecule has 1 aliphatic heterocycles. The second-order valence-electron chi connectivity index (χ2n) is 19.5. The number of nitrogens with zero attached hydrogens (tertiary/aromatic N) is 1. The highest BCUT2D eigenvalue weighted by Gasteiger charge is 2.40. The fraction of sp³-hybridized carbons (Fsp3) is 0.964. The van der Waals surface area contributed by atoms with E-state index in [1.165, 1.54) is 154 Å². The highest BCUT2D eigenvalue weighted by atomic mass is 16.7. The van der Waals surface area contributed by atoms with Crippen LogP contribution in [0.5, 0.6) is 0 Å². The first-order valence-corrected chi connectivity index (χ1v) is 27.7.